The zero-order valence-corrected chi connectivity index (χ0v) is 10.8. The van der Waals surface area contributed by atoms with Gasteiger partial charge in [-0.2, -0.15) is 5.10 Å². The molecule has 1 saturated heterocycles. The standard InChI is InChI=1S/C15H18N2O2/c18-11-13-10-16-17(14-6-8-19-9-7-14)15(13)12-4-2-1-3-5-12/h1-5,10,14,18H,6-9,11H2. The van der Waals surface area contributed by atoms with Crippen LogP contribution in [0.2, 0.25) is 0 Å². The quantitative estimate of drug-likeness (QED) is 0.919. The molecule has 3 rings (SSSR count). The normalized spacial score (nSPS) is 16.7. The van der Waals surface area contributed by atoms with Gasteiger partial charge in [-0.15, -0.1) is 0 Å². The van der Waals surface area contributed by atoms with Gasteiger partial charge in [-0.25, -0.2) is 0 Å². The Balaban J connectivity index is 2.03. The van der Waals surface area contributed by atoms with E-state index in [1.54, 1.807) is 6.20 Å². The first kappa shape index (κ1) is 12.4. The average molecular weight is 258 g/mol. The molecule has 4 nitrogen and oxygen atoms in total. The van der Waals surface area contributed by atoms with Gasteiger partial charge in [-0.05, 0) is 12.8 Å². The second kappa shape index (κ2) is 5.55. The summed E-state index contributed by atoms with van der Waals surface area (Å²) in [7, 11) is 0. The van der Waals surface area contributed by atoms with Crippen LogP contribution in [0.1, 0.15) is 24.4 Å². The van der Waals surface area contributed by atoms with Crippen molar-refractivity contribution < 1.29 is 9.84 Å². The van der Waals surface area contributed by atoms with Crippen LogP contribution in [0.4, 0.5) is 0 Å². The third-order valence-corrected chi connectivity index (χ3v) is 3.63. The van der Waals surface area contributed by atoms with E-state index in [1.807, 2.05) is 18.2 Å². The Hall–Kier alpha value is -1.65. The minimum atomic E-state index is 0.0213. The van der Waals surface area contributed by atoms with E-state index in [0.717, 1.165) is 42.9 Å². The van der Waals surface area contributed by atoms with Crippen molar-refractivity contribution in [2.75, 3.05) is 13.2 Å². The second-order valence-electron chi connectivity index (χ2n) is 4.83. The van der Waals surface area contributed by atoms with Crippen LogP contribution in [0.25, 0.3) is 11.3 Å². The molecular weight excluding hydrogens is 240 g/mol. The molecule has 1 aromatic carbocycles. The number of ether oxygens (including phenoxy) is 1. The van der Waals surface area contributed by atoms with Gasteiger partial charge in [0.2, 0.25) is 0 Å². The van der Waals surface area contributed by atoms with E-state index in [2.05, 4.69) is 21.9 Å². The van der Waals surface area contributed by atoms with E-state index in [9.17, 15) is 5.11 Å². The molecule has 1 aromatic heterocycles. The molecule has 0 amide bonds. The zero-order chi connectivity index (χ0) is 13.1. The van der Waals surface area contributed by atoms with Crippen molar-refractivity contribution in [3.8, 4) is 11.3 Å². The van der Waals surface area contributed by atoms with Crippen LogP contribution >= 0.6 is 0 Å². The van der Waals surface area contributed by atoms with Crippen LogP contribution in [0.5, 0.6) is 0 Å². The molecule has 19 heavy (non-hydrogen) atoms. The van der Waals surface area contributed by atoms with E-state index < -0.39 is 0 Å². The predicted octanol–water partition coefficient (Wildman–Crippen LogP) is 2.39. The maximum absolute atomic E-state index is 9.51. The van der Waals surface area contributed by atoms with E-state index in [1.165, 1.54) is 0 Å². The lowest BCUT2D eigenvalue weighted by Crippen LogP contribution is -2.21. The van der Waals surface area contributed by atoms with Gasteiger partial charge >= 0.3 is 0 Å². The Morgan fingerprint density at radius 3 is 2.63 bits per heavy atom. The van der Waals surface area contributed by atoms with Gasteiger partial charge in [0.1, 0.15) is 0 Å². The summed E-state index contributed by atoms with van der Waals surface area (Å²) >= 11 is 0. The number of aliphatic hydroxyl groups excluding tert-OH is 1. The molecular formula is C15H18N2O2. The third kappa shape index (κ3) is 2.41. The first-order valence-electron chi connectivity index (χ1n) is 6.70. The fraction of sp³-hybridized carbons (Fsp3) is 0.400. The predicted molar refractivity (Wildman–Crippen MR) is 72.7 cm³/mol. The van der Waals surface area contributed by atoms with Gasteiger partial charge in [-0.3, -0.25) is 4.68 Å². The fourth-order valence-corrected chi connectivity index (χ4v) is 2.63. The highest BCUT2D eigenvalue weighted by atomic mass is 16.5. The molecule has 0 radical (unpaired) electrons. The molecule has 4 heteroatoms. The molecule has 1 N–H and O–H groups in total. The summed E-state index contributed by atoms with van der Waals surface area (Å²) in [5, 5.41) is 14.0. The first-order valence-corrected chi connectivity index (χ1v) is 6.70. The lowest BCUT2D eigenvalue weighted by molar-refractivity contribution is 0.0667. The van der Waals surface area contributed by atoms with Crippen LogP contribution in [0, 0.1) is 0 Å². The van der Waals surface area contributed by atoms with E-state index in [0.29, 0.717) is 6.04 Å². The lowest BCUT2D eigenvalue weighted by Gasteiger charge is -2.24. The maximum Gasteiger partial charge on any atom is 0.0740 e. The SMILES string of the molecule is OCc1cnn(C2CCOCC2)c1-c1ccccc1. The number of hydrogen-bond acceptors (Lipinski definition) is 3. The Bertz CT molecular complexity index is 530. The van der Waals surface area contributed by atoms with E-state index in [4.69, 9.17) is 4.74 Å². The highest BCUT2D eigenvalue weighted by Crippen LogP contribution is 2.30. The van der Waals surface area contributed by atoms with Gasteiger partial charge in [0, 0.05) is 24.3 Å². The highest BCUT2D eigenvalue weighted by molar-refractivity contribution is 5.63. The monoisotopic (exact) mass is 258 g/mol. The number of aliphatic hydroxyl groups is 1. The summed E-state index contributed by atoms with van der Waals surface area (Å²) in [5.41, 5.74) is 3.03. The smallest absolute Gasteiger partial charge is 0.0740 e. The number of aromatic nitrogens is 2. The van der Waals surface area contributed by atoms with Gasteiger partial charge in [0.25, 0.3) is 0 Å². The van der Waals surface area contributed by atoms with E-state index in [-0.39, 0.29) is 6.61 Å². The molecule has 0 unspecified atom stereocenters. The minimum absolute atomic E-state index is 0.0213. The fourth-order valence-electron chi connectivity index (χ4n) is 2.63. The van der Waals surface area contributed by atoms with Gasteiger partial charge in [-0.1, -0.05) is 30.3 Å². The number of benzene rings is 1. The average Bonchev–Trinajstić information content (AvgIpc) is 2.93. The highest BCUT2D eigenvalue weighted by Gasteiger charge is 2.21. The summed E-state index contributed by atoms with van der Waals surface area (Å²) in [6, 6.07) is 10.5. The summed E-state index contributed by atoms with van der Waals surface area (Å²) in [6.07, 6.45) is 3.73. The molecule has 0 aliphatic carbocycles. The van der Waals surface area contributed by atoms with Crippen LogP contribution in [0.15, 0.2) is 36.5 Å². The maximum atomic E-state index is 9.51. The lowest BCUT2D eigenvalue weighted by atomic mass is 10.1. The molecule has 0 saturated carbocycles. The molecule has 2 heterocycles. The van der Waals surface area contributed by atoms with Crippen LogP contribution < -0.4 is 0 Å². The minimum Gasteiger partial charge on any atom is -0.392 e. The Morgan fingerprint density at radius 1 is 1.21 bits per heavy atom. The van der Waals surface area contributed by atoms with Crippen molar-refractivity contribution in [1.29, 1.82) is 0 Å². The summed E-state index contributed by atoms with van der Waals surface area (Å²) in [4.78, 5) is 0. The van der Waals surface area contributed by atoms with Gasteiger partial charge < -0.3 is 9.84 Å². The van der Waals surface area contributed by atoms with Crippen LogP contribution in [-0.2, 0) is 11.3 Å². The molecule has 1 fully saturated rings. The van der Waals surface area contributed by atoms with Gasteiger partial charge in [0.15, 0.2) is 0 Å². The van der Waals surface area contributed by atoms with Crippen molar-refractivity contribution in [2.45, 2.75) is 25.5 Å². The molecule has 0 bridgehead atoms. The Kier molecular flexibility index (Phi) is 3.62. The number of rotatable bonds is 3. The van der Waals surface area contributed by atoms with Crippen molar-refractivity contribution in [3.05, 3.63) is 42.1 Å². The summed E-state index contributed by atoms with van der Waals surface area (Å²) in [5.74, 6) is 0. The van der Waals surface area contributed by atoms with Gasteiger partial charge in [0.05, 0.1) is 24.5 Å². The van der Waals surface area contributed by atoms with Crippen molar-refractivity contribution in [3.63, 3.8) is 0 Å². The second-order valence-corrected chi connectivity index (χ2v) is 4.83. The van der Waals surface area contributed by atoms with Crippen molar-refractivity contribution >= 4 is 0 Å². The molecule has 1 aliphatic rings. The summed E-state index contributed by atoms with van der Waals surface area (Å²) in [6.45, 7) is 1.59. The Labute approximate surface area is 112 Å². The molecule has 100 valence electrons. The van der Waals surface area contributed by atoms with E-state index >= 15 is 0 Å². The number of hydrogen-bond donors (Lipinski definition) is 1. The summed E-state index contributed by atoms with van der Waals surface area (Å²) < 4.78 is 7.47. The Morgan fingerprint density at radius 2 is 1.95 bits per heavy atom. The van der Waals surface area contributed by atoms with Crippen LogP contribution in [0.3, 0.4) is 0 Å². The molecule has 0 atom stereocenters. The molecule has 1 aliphatic heterocycles. The number of nitrogens with zero attached hydrogens (tertiary/aromatic N) is 2. The largest absolute Gasteiger partial charge is 0.392 e. The molecule has 2 aromatic rings. The zero-order valence-electron chi connectivity index (χ0n) is 10.8. The van der Waals surface area contributed by atoms with Crippen LogP contribution in [-0.4, -0.2) is 28.1 Å². The van der Waals surface area contributed by atoms with Crippen molar-refractivity contribution in [1.82, 2.24) is 9.78 Å². The first-order chi connectivity index (χ1) is 9.40. The van der Waals surface area contributed by atoms with Crippen molar-refractivity contribution in [2.24, 2.45) is 0 Å². The topological polar surface area (TPSA) is 47.3 Å². The molecule has 0 spiro atoms. The third-order valence-electron chi connectivity index (χ3n) is 3.63.